The van der Waals surface area contributed by atoms with Gasteiger partial charge in [-0.25, -0.2) is 9.69 Å². The van der Waals surface area contributed by atoms with Gasteiger partial charge in [-0.1, -0.05) is 18.0 Å². The van der Waals surface area contributed by atoms with Gasteiger partial charge >= 0.3 is 6.03 Å². The summed E-state index contributed by atoms with van der Waals surface area (Å²) in [6.45, 7) is 4.13. The zero-order valence-corrected chi connectivity index (χ0v) is 11.2. The highest BCUT2D eigenvalue weighted by atomic mass is 16.5. The predicted molar refractivity (Wildman–Crippen MR) is 67.8 cm³/mol. The highest BCUT2D eigenvalue weighted by Gasteiger charge is 2.47. The number of carbonyl (C=O) groups excluding carboxylic acids is 2. The van der Waals surface area contributed by atoms with Crippen LogP contribution in [0.25, 0.3) is 0 Å². The summed E-state index contributed by atoms with van der Waals surface area (Å²) in [6.07, 6.45) is 3.80. The van der Waals surface area contributed by atoms with Crippen LogP contribution in [-0.2, 0) is 4.79 Å². The number of amides is 3. The Balaban J connectivity index is 2.00. The Kier molecular flexibility index (Phi) is 2.80. The van der Waals surface area contributed by atoms with Crippen LogP contribution in [0.3, 0.4) is 0 Å². The standard InChI is InChI=1S/C13H17N3O3/c1-8-11(9(2)19-14-8)16-12(17)10-6-4-3-5-7-15(10)13(16)18/h10H,3-7H2,1-2H3. The maximum absolute atomic E-state index is 12.5. The van der Waals surface area contributed by atoms with E-state index >= 15 is 0 Å². The zero-order valence-electron chi connectivity index (χ0n) is 11.2. The molecule has 0 bridgehead atoms. The van der Waals surface area contributed by atoms with Gasteiger partial charge in [0.15, 0.2) is 5.76 Å². The van der Waals surface area contributed by atoms with Crippen molar-refractivity contribution in [3.63, 3.8) is 0 Å². The van der Waals surface area contributed by atoms with Crippen molar-refractivity contribution in [2.75, 3.05) is 11.4 Å². The van der Waals surface area contributed by atoms with Crippen molar-refractivity contribution in [3.05, 3.63) is 11.5 Å². The highest BCUT2D eigenvalue weighted by molar-refractivity contribution is 6.21. The third-order valence-corrected chi connectivity index (χ3v) is 3.91. The largest absolute Gasteiger partial charge is 0.359 e. The molecule has 0 radical (unpaired) electrons. The molecule has 102 valence electrons. The molecule has 1 unspecified atom stereocenters. The molecular formula is C13H17N3O3. The van der Waals surface area contributed by atoms with E-state index in [2.05, 4.69) is 5.16 Å². The molecule has 19 heavy (non-hydrogen) atoms. The van der Waals surface area contributed by atoms with Crippen molar-refractivity contribution in [1.29, 1.82) is 0 Å². The van der Waals surface area contributed by atoms with E-state index < -0.39 is 0 Å². The maximum Gasteiger partial charge on any atom is 0.332 e. The fourth-order valence-electron chi connectivity index (χ4n) is 2.97. The van der Waals surface area contributed by atoms with Crippen LogP contribution in [-0.4, -0.2) is 34.6 Å². The first-order valence-electron chi connectivity index (χ1n) is 6.68. The second-order valence-corrected chi connectivity index (χ2v) is 5.19. The monoisotopic (exact) mass is 263 g/mol. The van der Waals surface area contributed by atoms with E-state index in [0.717, 1.165) is 25.7 Å². The van der Waals surface area contributed by atoms with Crippen LogP contribution in [0.4, 0.5) is 10.5 Å². The average molecular weight is 263 g/mol. The van der Waals surface area contributed by atoms with Crippen molar-refractivity contribution in [1.82, 2.24) is 10.1 Å². The molecule has 3 amide bonds. The Morgan fingerprint density at radius 3 is 2.68 bits per heavy atom. The first-order valence-corrected chi connectivity index (χ1v) is 6.68. The number of rotatable bonds is 1. The van der Waals surface area contributed by atoms with Crippen molar-refractivity contribution < 1.29 is 14.1 Å². The molecule has 1 aromatic rings. The van der Waals surface area contributed by atoms with E-state index in [4.69, 9.17) is 4.52 Å². The quantitative estimate of drug-likeness (QED) is 0.727. The molecule has 0 saturated carbocycles. The molecule has 1 atom stereocenters. The van der Waals surface area contributed by atoms with Gasteiger partial charge in [-0.3, -0.25) is 4.79 Å². The van der Waals surface area contributed by atoms with Crippen LogP contribution < -0.4 is 4.90 Å². The molecule has 2 saturated heterocycles. The van der Waals surface area contributed by atoms with Crippen molar-refractivity contribution >= 4 is 17.6 Å². The number of anilines is 1. The van der Waals surface area contributed by atoms with Crippen molar-refractivity contribution in [2.24, 2.45) is 0 Å². The third-order valence-electron chi connectivity index (χ3n) is 3.91. The lowest BCUT2D eigenvalue weighted by Crippen LogP contribution is -2.34. The van der Waals surface area contributed by atoms with E-state index in [1.807, 2.05) is 0 Å². The van der Waals surface area contributed by atoms with Crippen LogP contribution in [0.2, 0.25) is 0 Å². The van der Waals surface area contributed by atoms with Crippen LogP contribution in [0.1, 0.15) is 37.1 Å². The SMILES string of the molecule is Cc1noc(C)c1N1C(=O)C2CCCCCN2C1=O. The van der Waals surface area contributed by atoms with Gasteiger partial charge in [0, 0.05) is 6.54 Å². The molecule has 3 heterocycles. The lowest BCUT2D eigenvalue weighted by molar-refractivity contribution is -0.119. The Bertz CT molecular complexity index is 494. The van der Waals surface area contributed by atoms with Gasteiger partial charge in [0.05, 0.1) is 0 Å². The predicted octanol–water partition coefficient (Wildman–Crippen LogP) is 2.00. The first kappa shape index (κ1) is 12.2. The normalized spacial score (nSPS) is 23.8. The summed E-state index contributed by atoms with van der Waals surface area (Å²) >= 11 is 0. The minimum Gasteiger partial charge on any atom is -0.359 e. The molecule has 6 heteroatoms. The summed E-state index contributed by atoms with van der Waals surface area (Å²) in [5, 5.41) is 3.83. The Labute approximate surface area is 111 Å². The Hall–Kier alpha value is -1.85. The molecule has 0 N–H and O–H groups in total. The fourth-order valence-corrected chi connectivity index (χ4v) is 2.97. The van der Waals surface area contributed by atoms with Crippen LogP contribution in [0.15, 0.2) is 4.52 Å². The summed E-state index contributed by atoms with van der Waals surface area (Å²) < 4.78 is 5.07. The minimum absolute atomic E-state index is 0.138. The van der Waals surface area contributed by atoms with Gasteiger partial charge in [0.25, 0.3) is 5.91 Å². The van der Waals surface area contributed by atoms with E-state index in [0.29, 0.717) is 23.7 Å². The molecule has 1 aromatic heterocycles. The maximum atomic E-state index is 12.5. The summed E-state index contributed by atoms with van der Waals surface area (Å²) in [6, 6.07) is -0.532. The number of imide groups is 1. The molecule has 2 aliphatic rings. The second kappa shape index (κ2) is 4.36. The third kappa shape index (κ3) is 1.74. The van der Waals surface area contributed by atoms with Gasteiger partial charge in [-0.05, 0) is 26.7 Å². The molecule has 0 aromatic carbocycles. The van der Waals surface area contributed by atoms with Crippen molar-refractivity contribution in [3.8, 4) is 0 Å². The number of hydrogen-bond acceptors (Lipinski definition) is 4. The van der Waals surface area contributed by atoms with Gasteiger partial charge < -0.3 is 9.42 Å². The van der Waals surface area contributed by atoms with Crippen LogP contribution in [0, 0.1) is 13.8 Å². The van der Waals surface area contributed by atoms with Gasteiger partial charge in [0.1, 0.15) is 17.4 Å². The number of aromatic nitrogens is 1. The number of carbonyl (C=O) groups is 2. The lowest BCUT2D eigenvalue weighted by Gasteiger charge is -2.18. The topological polar surface area (TPSA) is 66.7 Å². The summed E-state index contributed by atoms with van der Waals surface area (Å²) in [5.74, 6) is 0.373. The summed E-state index contributed by atoms with van der Waals surface area (Å²) in [7, 11) is 0. The van der Waals surface area contributed by atoms with E-state index in [9.17, 15) is 9.59 Å². The van der Waals surface area contributed by atoms with Crippen molar-refractivity contribution in [2.45, 2.75) is 45.6 Å². The zero-order chi connectivity index (χ0) is 13.6. The molecule has 2 fully saturated rings. The Morgan fingerprint density at radius 1 is 1.21 bits per heavy atom. The Morgan fingerprint density at radius 2 is 2.00 bits per heavy atom. The van der Waals surface area contributed by atoms with E-state index in [1.54, 1.807) is 18.7 Å². The fraction of sp³-hybridized carbons (Fsp3) is 0.615. The number of urea groups is 1. The number of hydrogen-bond donors (Lipinski definition) is 0. The smallest absolute Gasteiger partial charge is 0.332 e. The average Bonchev–Trinajstić information content (AvgIpc) is 2.74. The minimum atomic E-state index is -0.302. The summed E-state index contributed by atoms with van der Waals surface area (Å²) in [4.78, 5) is 27.9. The van der Waals surface area contributed by atoms with Gasteiger partial charge in [-0.2, -0.15) is 0 Å². The molecule has 2 aliphatic heterocycles. The van der Waals surface area contributed by atoms with Crippen LogP contribution in [0.5, 0.6) is 0 Å². The van der Waals surface area contributed by atoms with Gasteiger partial charge in [0.2, 0.25) is 0 Å². The molecule has 3 rings (SSSR count). The van der Waals surface area contributed by atoms with E-state index in [1.165, 1.54) is 4.90 Å². The second-order valence-electron chi connectivity index (χ2n) is 5.19. The number of nitrogens with zero attached hydrogens (tertiary/aromatic N) is 3. The van der Waals surface area contributed by atoms with Crippen LogP contribution >= 0.6 is 0 Å². The van der Waals surface area contributed by atoms with E-state index in [-0.39, 0.29) is 18.0 Å². The van der Waals surface area contributed by atoms with Gasteiger partial charge in [-0.15, -0.1) is 0 Å². The number of fused-ring (bicyclic) bond motifs is 1. The highest BCUT2D eigenvalue weighted by Crippen LogP contribution is 2.33. The molecule has 0 aliphatic carbocycles. The molecule has 6 nitrogen and oxygen atoms in total. The first-order chi connectivity index (χ1) is 9.11. The number of aryl methyl sites for hydroxylation is 2. The summed E-state index contributed by atoms with van der Waals surface area (Å²) in [5.41, 5.74) is 1.10. The lowest BCUT2D eigenvalue weighted by atomic mass is 10.1. The molecule has 0 spiro atoms. The molecular weight excluding hydrogens is 246 g/mol.